The lowest BCUT2D eigenvalue weighted by atomic mass is 10.4. The van der Waals surface area contributed by atoms with Crippen LogP contribution < -0.4 is 10.6 Å². The van der Waals surface area contributed by atoms with Crippen LogP contribution in [-0.2, 0) is 13.0 Å². The van der Waals surface area contributed by atoms with Crippen molar-refractivity contribution in [1.82, 2.24) is 15.6 Å². The molecule has 0 aliphatic rings. The van der Waals surface area contributed by atoms with Crippen LogP contribution in [0.4, 0.5) is 0 Å². The molecular formula is C9H17IN4S. The van der Waals surface area contributed by atoms with Gasteiger partial charge in [0.25, 0.3) is 0 Å². The zero-order valence-corrected chi connectivity index (χ0v) is 12.3. The highest BCUT2D eigenvalue weighted by Crippen LogP contribution is 2.12. The number of rotatable bonds is 3. The van der Waals surface area contributed by atoms with E-state index in [-0.39, 0.29) is 24.0 Å². The highest BCUT2D eigenvalue weighted by atomic mass is 127. The van der Waals surface area contributed by atoms with Crippen LogP contribution in [0.3, 0.4) is 0 Å². The van der Waals surface area contributed by atoms with Crippen LogP contribution in [0, 0.1) is 0 Å². The van der Waals surface area contributed by atoms with E-state index in [4.69, 9.17) is 0 Å². The quantitative estimate of drug-likeness (QED) is 0.499. The molecule has 1 rings (SSSR count). The molecule has 1 aromatic heterocycles. The number of hydrogen-bond acceptors (Lipinski definition) is 3. The molecule has 0 saturated heterocycles. The van der Waals surface area contributed by atoms with Gasteiger partial charge in [-0.1, -0.05) is 6.92 Å². The second-order valence-electron chi connectivity index (χ2n) is 2.75. The Hall–Kier alpha value is -0.370. The van der Waals surface area contributed by atoms with Gasteiger partial charge in [-0.3, -0.25) is 4.99 Å². The first kappa shape index (κ1) is 14.6. The summed E-state index contributed by atoms with van der Waals surface area (Å²) in [6.07, 6.45) is 2.99. The van der Waals surface area contributed by atoms with E-state index in [1.165, 1.54) is 4.88 Å². The fraction of sp³-hybridized carbons (Fsp3) is 0.556. The zero-order chi connectivity index (χ0) is 10.4. The molecule has 4 nitrogen and oxygen atoms in total. The van der Waals surface area contributed by atoms with Gasteiger partial charge >= 0.3 is 0 Å². The van der Waals surface area contributed by atoms with E-state index in [1.54, 1.807) is 18.4 Å². The third kappa shape index (κ3) is 4.78. The zero-order valence-electron chi connectivity index (χ0n) is 9.20. The Bertz CT molecular complexity index is 311. The number of thiazole rings is 1. The number of aryl methyl sites for hydroxylation is 1. The lowest BCUT2D eigenvalue weighted by molar-refractivity contribution is 0.857. The summed E-state index contributed by atoms with van der Waals surface area (Å²) in [5, 5.41) is 7.21. The summed E-state index contributed by atoms with van der Waals surface area (Å²) in [7, 11) is 3.59. The maximum Gasteiger partial charge on any atom is 0.191 e. The molecule has 1 aromatic rings. The van der Waals surface area contributed by atoms with Gasteiger partial charge in [-0.2, -0.15) is 0 Å². The number of nitrogens with zero attached hydrogens (tertiary/aromatic N) is 2. The number of guanidine groups is 1. The van der Waals surface area contributed by atoms with E-state index >= 15 is 0 Å². The van der Waals surface area contributed by atoms with Gasteiger partial charge in [0, 0.05) is 25.2 Å². The van der Waals surface area contributed by atoms with Crippen LogP contribution in [0.2, 0.25) is 0 Å². The SMILES string of the molecule is CCc1cnc(CNC(=NC)NC)s1.I. The van der Waals surface area contributed by atoms with Gasteiger partial charge in [-0.15, -0.1) is 35.3 Å². The summed E-state index contributed by atoms with van der Waals surface area (Å²) in [5.41, 5.74) is 0. The third-order valence-electron chi connectivity index (χ3n) is 1.82. The highest BCUT2D eigenvalue weighted by molar-refractivity contribution is 14.0. The molecule has 0 unspecified atom stereocenters. The van der Waals surface area contributed by atoms with Crippen LogP contribution in [0.15, 0.2) is 11.2 Å². The minimum Gasteiger partial charge on any atom is -0.359 e. The Labute approximate surface area is 112 Å². The van der Waals surface area contributed by atoms with E-state index in [0.717, 1.165) is 23.9 Å². The van der Waals surface area contributed by atoms with E-state index < -0.39 is 0 Å². The predicted octanol–water partition coefficient (Wildman–Crippen LogP) is 1.62. The van der Waals surface area contributed by atoms with Crippen molar-refractivity contribution >= 4 is 41.3 Å². The number of nitrogens with one attached hydrogen (secondary N) is 2. The smallest absolute Gasteiger partial charge is 0.191 e. The van der Waals surface area contributed by atoms with Crippen LogP contribution in [0.25, 0.3) is 0 Å². The first-order chi connectivity index (χ1) is 6.80. The molecule has 0 bridgehead atoms. The standard InChI is InChI=1S/C9H16N4S.HI/c1-4-7-5-12-8(14-7)6-13-9(10-2)11-3;/h5H,4,6H2,1-3H3,(H2,10,11,13);1H. The minimum absolute atomic E-state index is 0. The maximum atomic E-state index is 4.30. The molecule has 0 aliphatic carbocycles. The molecule has 0 saturated carbocycles. The Morgan fingerprint density at radius 2 is 2.33 bits per heavy atom. The van der Waals surface area contributed by atoms with Gasteiger partial charge in [0.15, 0.2) is 5.96 Å². The number of aliphatic imine (C=N–C) groups is 1. The number of hydrogen-bond donors (Lipinski definition) is 2. The molecule has 0 fully saturated rings. The molecule has 0 aliphatic heterocycles. The summed E-state index contributed by atoms with van der Waals surface area (Å²) in [6.45, 7) is 2.87. The molecule has 6 heteroatoms. The second kappa shape index (κ2) is 7.86. The normalized spacial score (nSPS) is 10.7. The van der Waals surface area contributed by atoms with Crippen LogP contribution in [0.5, 0.6) is 0 Å². The first-order valence-electron chi connectivity index (χ1n) is 4.62. The van der Waals surface area contributed by atoms with Gasteiger partial charge in [0.2, 0.25) is 0 Å². The summed E-state index contributed by atoms with van der Waals surface area (Å²) in [4.78, 5) is 9.64. The molecule has 0 spiro atoms. The van der Waals surface area contributed by atoms with E-state index in [1.807, 2.05) is 13.2 Å². The van der Waals surface area contributed by atoms with Gasteiger partial charge in [0.05, 0.1) is 6.54 Å². The van der Waals surface area contributed by atoms with E-state index in [9.17, 15) is 0 Å². The summed E-state index contributed by atoms with van der Waals surface area (Å²) in [6, 6.07) is 0. The molecule has 0 amide bonds. The molecule has 1 heterocycles. The molecule has 0 radical (unpaired) electrons. The molecule has 2 N–H and O–H groups in total. The number of halogens is 1. The monoisotopic (exact) mass is 340 g/mol. The predicted molar refractivity (Wildman–Crippen MR) is 76.2 cm³/mol. The summed E-state index contributed by atoms with van der Waals surface area (Å²) >= 11 is 1.74. The molecule has 86 valence electrons. The van der Waals surface area contributed by atoms with Gasteiger partial charge in [0.1, 0.15) is 5.01 Å². The lowest BCUT2D eigenvalue weighted by Crippen LogP contribution is -2.33. The highest BCUT2D eigenvalue weighted by Gasteiger charge is 2.00. The third-order valence-corrected chi connectivity index (χ3v) is 2.96. The van der Waals surface area contributed by atoms with Crippen molar-refractivity contribution in [1.29, 1.82) is 0 Å². The average Bonchev–Trinajstić information content (AvgIpc) is 2.67. The van der Waals surface area contributed by atoms with E-state index in [2.05, 4.69) is 27.5 Å². The van der Waals surface area contributed by atoms with Crippen molar-refractivity contribution in [2.75, 3.05) is 14.1 Å². The van der Waals surface area contributed by atoms with Crippen LogP contribution in [-0.4, -0.2) is 25.0 Å². The fourth-order valence-corrected chi connectivity index (χ4v) is 1.83. The lowest BCUT2D eigenvalue weighted by Gasteiger charge is -2.05. The number of aromatic nitrogens is 1. The topological polar surface area (TPSA) is 49.3 Å². The van der Waals surface area contributed by atoms with Crippen molar-refractivity contribution in [3.8, 4) is 0 Å². The first-order valence-corrected chi connectivity index (χ1v) is 5.43. The van der Waals surface area contributed by atoms with Crippen LogP contribution in [0.1, 0.15) is 16.8 Å². The van der Waals surface area contributed by atoms with Gasteiger partial charge in [-0.25, -0.2) is 4.98 Å². The minimum atomic E-state index is 0. The molecule has 0 atom stereocenters. The Kier molecular flexibility index (Phi) is 7.67. The van der Waals surface area contributed by atoms with Crippen LogP contribution >= 0.6 is 35.3 Å². The fourth-order valence-electron chi connectivity index (χ4n) is 1.03. The summed E-state index contributed by atoms with van der Waals surface area (Å²) < 4.78 is 0. The Balaban J connectivity index is 0.00000196. The average molecular weight is 340 g/mol. The van der Waals surface area contributed by atoms with Gasteiger partial charge < -0.3 is 10.6 Å². The maximum absolute atomic E-state index is 4.30. The van der Waals surface area contributed by atoms with Crippen molar-refractivity contribution in [3.63, 3.8) is 0 Å². The van der Waals surface area contributed by atoms with Crippen molar-refractivity contribution in [3.05, 3.63) is 16.1 Å². The second-order valence-corrected chi connectivity index (χ2v) is 3.95. The molecular weight excluding hydrogens is 323 g/mol. The van der Waals surface area contributed by atoms with E-state index in [0.29, 0.717) is 0 Å². The van der Waals surface area contributed by atoms with Gasteiger partial charge in [-0.05, 0) is 6.42 Å². The largest absolute Gasteiger partial charge is 0.359 e. The Morgan fingerprint density at radius 3 is 2.80 bits per heavy atom. The molecule has 15 heavy (non-hydrogen) atoms. The van der Waals surface area contributed by atoms with Crippen molar-refractivity contribution in [2.45, 2.75) is 19.9 Å². The van der Waals surface area contributed by atoms with Crippen molar-refractivity contribution < 1.29 is 0 Å². The summed E-state index contributed by atoms with van der Waals surface area (Å²) in [5.74, 6) is 0.790. The Morgan fingerprint density at radius 1 is 1.60 bits per heavy atom. The van der Waals surface area contributed by atoms with Crippen molar-refractivity contribution in [2.24, 2.45) is 4.99 Å². The molecule has 0 aromatic carbocycles.